The minimum absolute atomic E-state index is 0.128. The molecule has 2 rings (SSSR count). The molecule has 0 aromatic heterocycles. The number of hydrogen-bond acceptors (Lipinski definition) is 5. The van der Waals surface area contributed by atoms with Crippen LogP contribution in [0.25, 0.3) is 0 Å². The molecule has 0 saturated heterocycles. The maximum atomic E-state index is 12.8. The predicted octanol–water partition coefficient (Wildman–Crippen LogP) is 2.59. The number of rotatable bonds is 8. The van der Waals surface area contributed by atoms with Crippen molar-refractivity contribution in [3.05, 3.63) is 59.9 Å². The molecule has 0 aliphatic heterocycles. The third-order valence-electron chi connectivity index (χ3n) is 3.21. The molecule has 2 amide bonds. The number of primary amides is 1. The minimum atomic E-state index is -0.560. The Labute approximate surface area is 153 Å². The van der Waals surface area contributed by atoms with E-state index in [0.717, 1.165) is 4.90 Å². The molecule has 0 aliphatic carbocycles. The number of carbonyl (C=O) groups excluding carboxylic acids is 3. The molecular formula is C18H17FN2O4S. The summed E-state index contributed by atoms with van der Waals surface area (Å²) in [6, 6.07) is 12.0. The summed E-state index contributed by atoms with van der Waals surface area (Å²) in [5, 5.41) is 2.54. The average molecular weight is 376 g/mol. The standard InChI is InChI=1S/C18H17FN2O4S/c19-13-3-7-15(8-4-13)26-10-9-17(23)25-11-16(22)21-14-5-1-12(2-6-14)18(20)24/h1-8H,9-11H2,(H2,20,24)(H,21,22). The largest absolute Gasteiger partial charge is 0.456 e. The van der Waals surface area contributed by atoms with Gasteiger partial charge in [-0.2, -0.15) is 0 Å². The van der Waals surface area contributed by atoms with Gasteiger partial charge in [-0.3, -0.25) is 14.4 Å². The Morgan fingerprint density at radius 3 is 2.31 bits per heavy atom. The number of nitrogens with one attached hydrogen (secondary N) is 1. The summed E-state index contributed by atoms with van der Waals surface area (Å²) in [6.45, 7) is -0.405. The van der Waals surface area contributed by atoms with Crippen LogP contribution in [-0.4, -0.2) is 30.1 Å². The van der Waals surface area contributed by atoms with Crippen molar-refractivity contribution >= 4 is 35.2 Å². The highest BCUT2D eigenvalue weighted by atomic mass is 32.2. The molecule has 0 radical (unpaired) electrons. The number of esters is 1. The molecule has 26 heavy (non-hydrogen) atoms. The van der Waals surface area contributed by atoms with Crippen molar-refractivity contribution in [2.45, 2.75) is 11.3 Å². The minimum Gasteiger partial charge on any atom is -0.456 e. The van der Waals surface area contributed by atoms with Gasteiger partial charge in [0, 0.05) is 21.9 Å². The van der Waals surface area contributed by atoms with E-state index in [9.17, 15) is 18.8 Å². The van der Waals surface area contributed by atoms with Gasteiger partial charge in [0.2, 0.25) is 5.91 Å². The van der Waals surface area contributed by atoms with Gasteiger partial charge in [0.1, 0.15) is 5.82 Å². The molecule has 6 nitrogen and oxygen atoms in total. The number of halogens is 1. The van der Waals surface area contributed by atoms with Crippen LogP contribution in [0.3, 0.4) is 0 Å². The third-order valence-corrected chi connectivity index (χ3v) is 4.22. The van der Waals surface area contributed by atoms with Crippen LogP contribution in [0, 0.1) is 5.82 Å². The molecule has 3 N–H and O–H groups in total. The normalized spacial score (nSPS) is 10.2. The maximum absolute atomic E-state index is 12.8. The van der Waals surface area contributed by atoms with E-state index >= 15 is 0 Å². The Morgan fingerprint density at radius 1 is 1.04 bits per heavy atom. The smallest absolute Gasteiger partial charge is 0.307 e. The lowest BCUT2D eigenvalue weighted by molar-refractivity contribution is -0.146. The average Bonchev–Trinajstić information content (AvgIpc) is 2.62. The van der Waals surface area contributed by atoms with Crippen LogP contribution in [0.2, 0.25) is 0 Å². The summed E-state index contributed by atoms with van der Waals surface area (Å²) in [5.74, 6) is -1.41. The lowest BCUT2D eigenvalue weighted by Gasteiger charge is -2.07. The van der Waals surface area contributed by atoms with E-state index in [-0.39, 0.29) is 12.2 Å². The highest BCUT2D eigenvalue weighted by Crippen LogP contribution is 2.19. The SMILES string of the molecule is NC(=O)c1ccc(NC(=O)COC(=O)CCSc2ccc(F)cc2)cc1. The second kappa shape index (κ2) is 9.57. The van der Waals surface area contributed by atoms with E-state index in [4.69, 9.17) is 10.5 Å². The fraction of sp³-hybridized carbons (Fsp3) is 0.167. The number of anilines is 1. The molecular weight excluding hydrogens is 359 g/mol. The molecule has 136 valence electrons. The van der Waals surface area contributed by atoms with Crippen LogP contribution < -0.4 is 11.1 Å². The van der Waals surface area contributed by atoms with Crippen molar-refractivity contribution in [1.82, 2.24) is 0 Å². The summed E-state index contributed by atoms with van der Waals surface area (Å²) in [6.07, 6.45) is 0.128. The van der Waals surface area contributed by atoms with Crippen molar-refractivity contribution < 1.29 is 23.5 Å². The van der Waals surface area contributed by atoms with Gasteiger partial charge in [0.25, 0.3) is 5.91 Å². The van der Waals surface area contributed by atoms with Gasteiger partial charge in [-0.1, -0.05) is 0 Å². The van der Waals surface area contributed by atoms with E-state index in [0.29, 0.717) is 17.0 Å². The molecule has 2 aromatic carbocycles. The first-order valence-corrected chi connectivity index (χ1v) is 8.66. The first-order chi connectivity index (χ1) is 12.4. The third kappa shape index (κ3) is 6.56. The molecule has 8 heteroatoms. The van der Waals surface area contributed by atoms with Crippen LogP contribution in [0.1, 0.15) is 16.8 Å². The summed E-state index contributed by atoms with van der Waals surface area (Å²) in [5.41, 5.74) is 5.92. The first-order valence-electron chi connectivity index (χ1n) is 7.68. The monoisotopic (exact) mass is 376 g/mol. The van der Waals surface area contributed by atoms with E-state index in [2.05, 4.69) is 5.32 Å². The zero-order valence-corrected chi connectivity index (χ0v) is 14.6. The maximum Gasteiger partial charge on any atom is 0.307 e. The van der Waals surface area contributed by atoms with Crippen LogP contribution in [0.5, 0.6) is 0 Å². The van der Waals surface area contributed by atoms with Crippen LogP contribution in [-0.2, 0) is 14.3 Å². The van der Waals surface area contributed by atoms with Gasteiger partial charge in [-0.25, -0.2) is 4.39 Å². The fourth-order valence-corrected chi connectivity index (χ4v) is 2.75. The number of amides is 2. The summed E-state index contributed by atoms with van der Waals surface area (Å²) >= 11 is 1.39. The molecule has 0 bridgehead atoms. The van der Waals surface area contributed by atoms with E-state index in [1.165, 1.54) is 48.2 Å². The topological polar surface area (TPSA) is 98.5 Å². The van der Waals surface area contributed by atoms with Crippen LogP contribution in [0.15, 0.2) is 53.4 Å². The second-order valence-electron chi connectivity index (χ2n) is 5.20. The highest BCUT2D eigenvalue weighted by molar-refractivity contribution is 7.99. The Bertz CT molecular complexity index is 779. The Hall–Kier alpha value is -2.87. The van der Waals surface area contributed by atoms with Gasteiger partial charge in [0.15, 0.2) is 6.61 Å². The molecule has 0 unspecified atom stereocenters. The number of hydrogen-bond donors (Lipinski definition) is 2. The van der Waals surface area contributed by atoms with Gasteiger partial charge >= 0.3 is 5.97 Å². The van der Waals surface area contributed by atoms with Crippen LogP contribution >= 0.6 is 11.8 Å². The molecule has 0 saturated carbocycles. The first kappa shape index (κ1) is 19.5. The Kier molecular flexibility index (Phi) is 7.16. The molecule has 2 aromatic rings. The summed E-state index contributed by atoms with van der Waals surface area (Å²) in [4.78, 5) is 35.2. The molecule has 0 spiro atoms. The van der Waals surface area contributed by atoms with Crippen molar-refractivity contribution in [1.29, 1.82) is 0 Å². The van der Waals surface area contributed by atoms with Gasteiger partial charge in [-0.05, 0) is 48.5 Å². The van der Waals surface area contributed by atoms with Crippen molar-refractivity contribution in [2.24, 2.45) is 5.73 Å². The van der Waals surface area contributed by atoms with E-state index in [1.807, 2.05) is 0 Å². The number of thioether (sulfide) groups is 1. The van der Waals surface area contributed by atoms with Gasteiger partial charge in [0.05, 0.1) is 6.42 Å². The van der Waals surface area contributed by atoms with Gasteiger partial charge in [-0.15, -0.1) is 11.8 Å². The quantitative estimate of drug-likeness (QED) is 0.545. The molecule has 0 fully saturated rings. The lowest BCUT2D eigenvalue weighted by atomic mass is 10.2. The number of nitrogens with two attached hydrogens (primary N) is 1. The summed E-state index contributed by atoms with van der Waals surface area (Å²) in [7, 11) is 0. The van der Waals surface area contributed by atoms with Crippen molar-refractivity contribution in [2.75, 3.05) is 17.7 Å². The zero-order chi connectivity index (χ0) is 18.9. The lowest BCUT2D eigenvalue weighted by Crippen LogP contribution is -2.21. The number of ether oxygens (including phenoxy) is 1. The Morgan fingerprint density at radius 2 is 1.69 bits per heavy atom. The fourth-order valence-electron chi connectivity index (χ4n) is 1.92. The van der Waals surface area contributed by atoms with E-state index in [1.54, 1.807) is 12.1 Å². The van der Waals surface area contributed by atoms with Crippen molar-refractivity contribution in [3.8, 4) is 0 Å². The van der Waals surface area contributed by atoms with Gasteiger partial charge < -0.3 is 15.8 Å². The number of carbonyl (C=O) groups is 3. The zero-order valence-electron chi connectivity index (χ0n) is 13.7. The number of benzene rings is 2. The predicted molar refractivity (Wildman–Crippen MR) is 96.3 cm³/mol. The highest BCUT2D eigenvalue weighted by Gasteiger charge is 2.09. The Balaban J connectivity index is 1.67. The van der Waals surface area contributed by atoms with Crippen LogP contribution in [0.4, 0.5) is 10.1 Å². The summed E-state index contributed by atoms with van der Waals surface area (Å²) < 4.78 is 17.7. The molecule has 0 atom stereocenters. The van der Waals surface area contributed by atoms with Crippen molar-refractivity contribution in [3.63, 3.8) is 0 Å². The molecule has 0 heterocycles. The molecule has 0 aliphatic rings. The second-order valence-corrected chi connectivity index (χ2v) is 6.37. The van der Waals surface area contributed by atoms with E-state index < -0.39 is 24.4 Å².